The second kappa shape index (κ2) is 18.9. The summed E-state index contributed by atoms with van der Waals surface area (Å²) in [6.45, 7) is 16.8. The van der Waals surface area contributed by atoms with Crippen molar-refractivity contribution in [3.63, 3.8) is 0 Å². The third kappa shape index (κ3) is 13.3. The average molecular weight is 745 g/mol. The summed E-state index contributed by atoms with van der Waals surface area (Å²) in [5.41, 5.74) is 1.70. The molecule has 2 atom stereocenters. The van der Waals surface area contributed by atoms with E-state index in [0.29, 0.717) is 23.2 Å². The molecule has 9 heteroatoms. The molecule has 0 aromatic heterocycles. The number of esters is 1. The van der Waals surface area contributed by atoms with Gasteiger partial charge in [-0.05, 0) is 111 Å². The average Bonchev–Trinajstić information content (AvgIpc) is 3.03. The van der Waals surface area contributed by atoms with Crippen LogP contribution in [0.25, 0.3) is 10.8 Å². The minimum Gasteiger partial charge on any atom is -0.458 e. The SMILES string of the molecule is CN(CCCCCc1ccc2ccccc2c1)C(=O)[C@H](OCCCCCc1ccc(Cl)c(Cl)c1)[C@@H](O[Si](C)(C)C(C)(C)C)C(=O)OC(C)(C)C. The van der Waals surface area contributed by atoms with Crippen molar-refractivity contribution in [2.24, 2.45) is 0 Å². The first kappa shape index (κ1) is 42.0. The van der Waals surface area contributed by atoms with Crippen LogP contribution < -0.4 is 0 Å². The Morgan fingerprint density at radius 1 is 0.740 bits per heavy atom. The van der Waals surface area contributed by atoms with E-state index in [9.17, 15) is 9.59 Å². The fraction of sp³-hybridized carbons (Fsp3) is 0.561. The van der Waals surface area contributed by atoms with Gasteiger partial charge in [-0.25, -0.2) is 4.79 Å². The normalized spacial score (nSPS) is 13.7. The molecule has 0 heterocycles. The van der Waals surface area contributed by atoms with Gasteiger partial charge in [0.15, 0.2) is 20.5 Å². The second-order valence-corrected chi connectivity index (χ2v) is 21.5. The minimum absolute atomic E-state index is 0.192. The van der Waals surface area contributed by atoms with Crippen molar-refractivity contribution in [3.05, 3.63) is 81.8 Å². The number of benzene rings is 3. The van der Waals surface area contributed by atoms with Gasteiger partial charge in [-0.1, -0.05) is 105 Å². The number of carbonyl (C=O) groups excluding carboxylic acids is 2. The molecule has 0 aliphatic heterocycles. The standard InChI is InChI=1S/C41H59Cl2NO5Si/c1-40(2,3)48-39(46)37(49-50(8,9)41(4,5)6)36(47-27-17-11-13-19-31-23-25-34(42)35(43)29-31)38(45)44(7)26-16-10-12-18-30-22-24-32-20-14-15-21-33(32)28-30/h14-15,20-25,28-29,36-37H,10-13,16-19,26-27H2,1-9H3/t36-,37-/m1/s1. The van der Waals surface area contributed by atoms with Gasteiger partial charge in [0.1, 0.15) is 5.60 Å². The lowest BCUT2D eigenvalue weighted by molar-refractivity contribution is -0.177. The summed E-state index contributed by atoms with van der Waals surface area (Å²) < 4.78 is 18.9. The third-order valence-corrected chi connectivity index (χ3v) is 14.6. The summed E-state index contributed by atoms with van der Waals surface area (Å²) in [4.78, 5) is 29.7. The summed E-state index contributed by atoms with van der Waals surface area (Å²) in [5, 5.41) is 3.41. The van der Waals surface area contributed by atoms with Crippen LogP contribution in [0.1, 0.15) is 91.2 Å². The zero-order valence-electron chi connectivity index (χ0n) is 31.7. The maximum atomic E-state index is 14.2. The molecular formula is C41H59Cl2NO5Si. The number of carbonyl (C=O) groups is 2. The van der Waals surface area contributed by atoms with Crippen LogP contribution in [-0.4, -0.2) is 63.1 Å². The molecule has 3 aromatic rings. The number of fused-ring (bicyclic) bond motifs is 1. The predicted octanol–water partition coefficient (Wildman–Crippen LogP) is 10.8. The van der Waals surface area contributed by atoms with Gasteiger partial charge < -0.3 is 18.8 Å². The molecule has 50 heavy (non-hydrogen) atoms. The molecule has 0 bridgehead atoms. The van der Waals surface area contributed by atoms with Crippen molar-refractivity contribution in [1.29, 1.82) is 0 Å². The Morgan fingerprint density at radius 3 is 1.96 bits per heavy atom. The van der Waals surface area contributed by atoms with Crippen molar-refractivity contribution in [2.45, 2.75) is 129 Å². The Hall–Kier alpha value is -2.42. The van der Waals surface area contributed by atoms with Gasteiger partial charge >= 0.3 is 5.97 Å². The number of rotatable bonds is 18. The molecule has 6 nitrogen and oxygen atoms in total. The lowest BCUT2D eigenvalue weighted by atomic mass is 10.0. The van der Waals surface area contributed by atoms with Crippen LogP contribution in [0, 0.1) is 0 Å². The van der Waals surface area contributed by atoms with E-state index in [4.69, 9.17) is 37.1 Å². The summed E-state index contributed by atoms with van der Waals surface area (Å²) >= 11 is 12.3. The van der Waals surface area contributed by atoms with E-state index in [1.54, 1.807) is 11.9 Å². The van der Waals surface area contributed by atoms with Crippen molar-refractivity contribution >= 4 is 54.2 Å². The quantitative estimate of drug-likeness (QED) is 0.0737. The molecule has 0 saturated heterocycles. The number of hydrogen-bond donors (Lipinski definition) is 0. The number of nitrogens with zero attached hydrogens (tertiary/aromatic N) is 1. The molecule has 276 valence electrons. The summed E-state index contributed by atoms with van der Waals surface area (Å²) in [6.07, 6.45) is 4.94. The van der Waals surface area contributed by atoms with Gasteiger partial charge in [0.05, 0.1) is 10.0 Å². The first-order valence-corrected chi connectivity index (χ1v) is 21.7. The first-order chi connectivity index (χ1) is 23.4. The largest absolute Gasteiger partial charge is 0.458 e. The van der Waals surface area contributed by atoms with Crippen molar-refractivity contribution < 1.29 is 23.5 Å². The van der Waals surface area contributed by atoms with E-state index in [2.05, 4.69) is 76.3 Å². The smallest absolute Gasteiger partial charge is 0.337 e. The highest BCUT2D eigenvalue weighted by atomic mass is 35.5. The van der Waals surface area contributed by atoms with Crippen LogP contribution in [0.4, 0.5) is 0 Å². The Labute approximate surface area is 312 Å². The zero-order valence-corrected chi connectivity index (χ0v) is 34.3. The molecule has 3 aromatic carbocycles. The number of ether oxygens (including phenoxy) is 2. The van der Waals surface area contributed by atoms with E-state index in [0.717, 1.165) is 56.9 Å². The molecular weight excluding hydrogens is 685 g/mol. The Balaban J connectivity index is 1.67. The third-order valence-electron chi connectivity index (χ3n) is 9.43. The summed E-state index contributed by atoms with van der Waals surface area (Å²) in [6, 6.07) is 20.8. The molecule has 1 amide bonds. The van der Waals surface area contributed by atoms with E-state index < -0.39 is 32.1 Å². The number of likely N-dealkylation sites (N-methyl/N-ethyl adjacent to an activating group) is 1. The number of amides is 1. The van der Waals surface area contributed by atoms with Crippen LogP contribution in [-0.2, 0) is 36.3 Å². The van der Waals surface area contributed by atoms with Gasteiger partial charge in [-0.15, -0.1) is 0 Å². The van der Waals surface area contributed by atoms with E-state index in [-0.39, 0.29) is 10.9 Å². The topological polar surface area (TPSA) is 65.1 Å². The lowest BCUT2D eigenvalue weighted by Crippen LogP contribution is -2.56. The molecule has 0 aliphatic carbocycles. The molecule has 0 aliphatic rings. The van der Waals surface area contributed by atoms with Crippen LogP contribution in [0.3, 0.4) is 0 Å². The van der Waals surface area contributed by atoms with Gasteiger partial charge in [0.2, 0.25) is 0 Å². The number of unbranched alkanes of at least 4 members (excludes halogenated alkanes) is 4. The van der Waals surface area contributed by atoms with Gasteiger partial charge in [-0.3, -0.25) is 4.79 Å². The van der Waals surface area contributed by atoms with Crippen LogP contribution in [0.2, 0.25) is 28.2 Å². The highest BCUT2D eigenvalue weighted by Crippen LogP contribution is 2.38. The fourth-order valence-electron chi connectivity index (χ4n) is 5.47. The maximum Gasteiger partial charge on any atom is 0.337 e. The highest BCUT2D eigenvalue weighted by molar-refractivity contribution is 6.74. The first-order valence-electron chi connectivity index (χ1n) is 18.1. The monoisotopic (exact) mass is 743 g/mol. The van der Waals surface area contributed by atoms with Crippen LogP contribution >= 0.6 is 23.2 Å². The van der Waals surface area contributed by atoms with Crippen LogP contribution in [0.15, 0.2) is 60.7 Å². The van der Waals surface area contributed by atoms with E-state index in [1.165, 1.54) is 16.3 Å². The van der Waals surface area contributed by atoms with E-state index >= 15 is 0 Å². The van der Waals surface area contributed by atoms with Crippen molar-refractivity contribution in [1.82, 2.24) is 4.90 Å². The highest BCUT2D eigenvalue weighted by Gasteiger charge is 2.47. The van der Waals surface area contributed by atoms with E-state index in [1.807, 2.05) is 39.0 Å². The Morgan fingerprint density at radius 2 is 1.34 bits per heavy atom. The number of hydrogen-bond acceptors (Lipinski definition) is 5. The molecule has 0 unspecified atom stereocenters. The molecule has 0 radical (unpaired) electrons. The van der Waals surface area contributed by atoms with Crippen molar-refractivity contribution in [3.8, 4) is 0 Å². The molecule has 3 rings (SSSR count). The van der Waals surface area contributed by atoms with Gasteiger partial charge in [0, 0.05) is 20.2 Å². The molecule has 0 fully saturated rings. The maximum absolute atomic E-state index is 14.2. The Bertz CT molecular complexity index is 1550. The fourth-order valence-corrected chi connectivity index (χ4v) is 6.99. The minimum atomic E-state index is -2.51. The van der Waals surface area contributed by atoms with Gasteiger partial charge in [0.25, 0.3) is 5.91 Å². The van der Waals surface area contributed by atoms with Gasteiger partial charge in [-0.2, -0.15) is 0 Å². The van der Waals surface area contributed by atoms with Crippen LogP contribution in [0.5, 0.6) is 0 Å². The zero-order chi connectivity index (χ0) is 37.1. The van der Waals surface area contributed by atoms with Crippen molar-refractivity contribution in [2.75, 3.05) is 20.2 Å². The molecule has 0 spiro atoms. The molecule has 0 N–H and O–H groups in total. The lowest BCUT2D eigenvalue weighted by Gasteiger charge is -2.41. The number of aryl methyl sites for hydroxylation is 2. The Kier molecular flexibility index (Phi) is 15.9. The summed E-state index contributed by atoms with van der Waals surface area (Å²) in [5.74, 6) is -0.825. The number of halogens is 2. The predicted molar refractivity (Wildman–Crippen MR) is 211 cm³/mol. The molecule has 0 saturated carbocycles. The summed E-state index contributed by atoms with van der Waals surface area (Å²) in [7, 11) is -0.724. The second-order valence-electron chi connectivity index (χ2n) is 15.9.